The van der Waals surface area contributed by atoms with Crippen LogP contribution >= 0.6 is 0 Å². The predicted molar refractivity (Wildman–Crippen MR) is 110 cm³/mol. The van der Waals surface area contributed by atoms with Crippen molar-refractivity contribution in [1.82, 2.24) is 4.72 Å². The fraction of sp³-hybridized carbons (Fsp3) is 0.350. The minimum Gasteiger partial charge on any atom is -0.378 e. The molecule has 1 aliphatic rings. The van der Waals surface area contributed by atoms with Crippen molar-refractivity contribution < 1.29 is 17.9 Å². The molecule has 28 heavy (non-hydrogen) atoms. The predicted octanol–water partition coefficient (Wildman–Crippen LogP) is 1.87. The Bertz CT molecular complexity index is 890. The van der Waals surface area contributed by atoms with Crippen LogP contribution in [-0.4, -0.2) is 53.4 Å². The lowest BCUT2D eigenvalue weighted by Gasteiger charge is -2.28. The molecule has 0 atom stereocenters. The van der Waals surface area contributed by atoms with E-state index in [-0.39, 0.29) is 5.91 Å². The molecular formula is C20H25N3O4S. The SMILES string of the molecule is CS(=O)(=O)NCCc1ccc(C(=O)Nc2ccc(N3CCOCC3)cc2)cc1. The standard InChI is InChI=1S/C20H25N3O4S/c1-28(25,26)21-11-10-16-2-4-17(5-3-16)20(24)22-18-6-8-19(9-7-18)23-12-14-27-15-13-23/h2-9,21H,10-15H2,1H3,(H,22,24). The average molecular weight is 404 g/mol. The molecule has 0 spiro atoms. The van der Waals surface area contributed by atoms with Crippen LogP contribution in [-0.2, 0) is 21.2 Å². The number of morpholine rings is 1. The van der Waals surface area contributed by atoms with Crippen LogP contribution < -0.4 is 14.9 Å². The topological polar surface area (TPSA) is 87.7 Å². The summed E-state index contributed by atoms with van der Waals surface area (Å²) in [4.78, 5) is 14.7. The van der Waals surface area contributed by atoms with Gasteiger partial charge < -0.3 is 15.0 Å². The summed E-state index contributed by atoms with van der Waals surface area (Å²) in [6.45, 7) is 3.55. The van der Waals surface area contributed by atoms with Gasteiger partial charge in [-0.2, -0.15) is 0 Å². The Morgan fingerprint density at radius 2 is 1.68 bits per heavy atom. The number of carbonyl (C=O) groups excluding carboxylic acids is 1. The molecule has 0 unspecified atom stereocenters. The zero-order chi connectivity index (χ0) is 20.0. The first-order valence-electron chi connectivity index (χ1n) is 9.18. The van der Waals surface area contributed by atoms with Gasteiger partial charge in [0.05, 0.1) is 19.5 Å². The molecular weight excluding hydrogens is 378 g/mol. The lowest BCUT2D eigenvalue weighted by Crippen LogP contribution is -2.36. The molecule has 7 nitrogen and oxygen atoms in total. The minimum absolute atomic E-state index is 0.181. The second kappa shape index (κ2) is 9.18. The highest BCUT2D eigenvalue weighted by Gasteiger charge is 2.11. The maximum Gasteiger partial charge on any atom is 0.255 e. The van der Waals surface area contributed by atoms with Crippen LogP contribution in [0.1, 0.15) is 15.9 Å². The van der Waals surface area contributed by atoms with Crippen molar-refractivity contribution in [2.75, 3.05) is 49.3 Å². The number of benzene rings is 2. The van der Waals surface area contributed by atoms with Gasteiger partial charge in [0, 0.05) is 36.6 Å². The number of sulfonamides is 1. The summed E-state index contributed by atoms with van der Waals surface area (Å²) in [5, 5.41) is 2.90. The fourth-order valence-corrected chi connectivity index (χ4v) is 3.46. The molecule has 3 rings (SSSR count). The number of amides is 1. The van der Waals surface area contributed by atoms with Gasteiger partial charge in [-0.25, -0.2) is 13.1 Å². The van der Waals surface area contributed by atoms with E-state index in [4.69, 9.17) is 4.74 Å². The lowest BCUT2D eigenvalue weighted by molar-refractivity contribution is 0.102. The number of hydrogen-bond acceptors (Lipinski definition) is 5. The fourth-order valence-electron chi connectivity index (χ4n) is 2.98. The van der Waals surface area contributed by atoms with Gasteiger partial charge in [-0.3, -0.25) is 4.79 Å². The molecule has 150 valence electrons. The van der Waals surface area contributed by atoms with Crippen molar-refractivity contribution >= 4 is 27.3 Å². The maximum atomic E-state index is 12.4. The third-order valence-electron chi connectivity index (χ3n) is 4.50. The zero-order valence-corrected chi connectivity index (χ0v) is 16.7. The van der Waals surface area contributed by atoms with Crippen molar-refractivity contribution in [2.24, 2.45) is 0 Å². The third-order valence-corrected chi connectivity index (χ3v) is 5.22. The highest BCUT2D eigenvalue weighted by Crippen LogP contribution is 2.19. The van der Waals surface area contributed by atoms with E-state index in [0.717, 1.165) is 49.5 Å². The largest absolute Gasteiger partial charge is 0.378 e. The molecule has 1 amide bonds. The number of nitrogens with zero attached hydrogens (tertiary/aromatic N) is 1. The Morgan fingerprint density at radius 3 is 2.29 bits per heavy atom. The van der Waals surface area contributed by atoms with Crippen molar-refractivity contribution in [2.45, 2.75) is 6.42 Å². The van der Waals surface area contributed by atoms with E-state index in [1.807, 2.05) is 36.4 Å². The molecule has 1 heterocycles. The van der Waals surface area contributed by atoms with Crippen LogP contribution in [0.5, 0.6) is 0 Å². The van der Waals surface area contributed by atoms with Crippen molar-refractivity contribution in [1.29, 1.82) is 0 Å². The Hall–Kier alpha value is -2.42. The Balaban J connectivity index is 1.54. The molecule has 8 heteroatoms. The second-order valence-corrected chi connectivity index (χ2v) is 8.55. The smallest absolute Gasteiger partial charge is 0.255 e. The molecule has 1 fully saturated rings. The summed E-state index contributed by atoms with van der Waals surface area (Å²) in [6.07, 6.45) is 1.70. The average Bonchev–Trinajstić information content (AvgIpc) is 2.69. The number of carbonyl (C=O) groups is 1. The number of anilines is 2. The summed E-state index contributed by atoms with van der Waals surface area (Å²) in [7, 11) is -3.18. The number of rotatable bonds is 7. The monoisotopic (exact) mass is 403 g/mol. The first kappa shape index (κ1) is 20.3. The summed E-state index contributed by atoms with van der Waals surface area (Å²) in [6, 6.07) is 14.9. The Kier molecular flexibility index (Phi) is 6.66. The molecule has 0 radical (unpaired) electrons. The summed E-state index contributed by atoms with van der Waals surface area (Å²) in [5.74, 6) is -0.181. The maximum absolute atomic E-state index is 12.4. The summed E-state index contributed by atoms with van der Waals surface area (Å²) in [5.41, 5.74) is 3.37. The van der Waals surface area contributed by atoms with Crippen LogP contribution in [0.2, 0.25) is 0 Å². The molecule has 2 N–H and O–H groups in total. The van der Waals surface area contributed by atoms with Crippen LogP contribution in [0, 0.1) is 0 Å². The van der Waals surface area contributed by atoms with Crippen LogP contribution in [0.4, 0.5) is 11.4 Å². The van der Waals surface area contributed by atoms with Gasteiger partial charge in [-0.1, -0.05) is 12.1 Å². The Morgan fingerprint density at radius 1 is 1.04 bits per heavy atom. The Labute approximate surface area is 165 Å². The molecule has 2 aromatic rings. The van der Waals surface area contributed by atoms with Gasteiger partial charge in [0.1, 0.15) is 0 Å². The molecule has 2 aromatic carbocycles. The normalized spacial score (nSPS) is 14.7. The van der Waals surface area contributed by atoms with Gasteiger partial charge in [0.15, 0.2) is 0 Å². The number of ether oxygens (including phenoxy) is 1. The number of hydrogen-bond donors (Lipinski definition) is 2. The molecule has 0 aliphatic carbocycles. The van der Waals surface area contributed by atoms with E-state index < -0.39 is 10.0 Å². The molecule has 0 aromatic heterocycles. The zero-order valence-electron chi connectivity index (χ0n) is 15.8. The van der Waals surface area contributed by atoms with Gasteiger partial charge in [0.25, 0.3) is 5.91 Å². The summed E-state index contributed by atoms with van der Waals surface area (Å²) >= 11 is 0. The molecule has 1 aliphatic heterocycles. The highest BCUT2D eigenvalue weighted by atomic mass is 32.2. The van der Waals surface area contributed by atoms with E-state index in [9.17, 15) is 13.2 Å². The second-order valence-electron chi connectivity index (χ2n) is 6.71. The minimum atomic E-state index is -3.18. The van der Waals surface area contributed by atoms with Crippen molar-refractivity contribution in [3.8, 4) is 0 Å². The van der Waals surface area contributed by atoms with Gasteiger partial charge >= 0.3 is 0 Å². The van der Waals surface area contributed by atoms with E-state index >= 15 is 0 Å². The van der Waals surface area contributed by atoms with E-state index in [1.54, 1.807) is 12.1 Å². The third kappa shape index (κ3) is 6.05. The quantitative estimate of drug-likeness (QED) is 0.737. The molecule has 0 bridgehead atoms. The van der Waals surface area contributed by atoms with Crippen LogP contribution in [0.25, 0.3) is 0 Å². The van der Waals surface area contributed by atoms with Crippen LogP contribution in [0.15, 0.2) is 48.5 Å². The van der Waals surface area contributed by atoms with Crippen molar-refractivity contribution in [3.05, 3.63) is 59.7 Å². The van der Waals surface area contributed by atoms with E-state index in [1.165, 1.54) is 0 Å². The summed E-state index contributed by atoms with van der Waals surface area (Å²) < 4.78 is 30.0. The van der Waals surface area contributed by atoms with E-state index in [0.29, 0.717) is 18.5 Å². The highest BCUT2D eigenvalue weighted by molar-refractivity contribution is 7.88. The number of nitrogens with one attached hydrogen (secondary N) is 2. The van der Waals surface area contributed by atoms with Crippen molar-refractivity contribution in [3.63, 3.8) is 0 Å². The first-order valence-corrected chi connectivity index (χ1v) is 11.1. The first-order chi connectivity index (χ1) is 13.4. The van der Waals surface area contributed by atoms with Gasteiger partial charge in [-0.05, 0) is 48.4 Å². The van der Waals surface area contributed by atoms with Crippen LogP contribution in [0.3, 0.4) is 0 Å². The van der Waals surface area contributed by atoms with Gasteiger partial charge in [-0.15, -0.1) is 0 Å². The lowest BCUT2D eigenvalue weighted by atomic mass is 10.1. The molecule has 1 saturated heterocycles. The van der Waals surface area contributed by atoms with Gasteiger partial charge in [0.2, 0.25) is 10.0 Å². The van der Waals surface area contributed by atoms with E-state index in [2.05, 4.69) is 14.9 Å². The molecule has 0 saturated carbocycles.